The normalized spacial score (nSPS) is 17.2. The Morgan fingerprint density at radius 3 is 2.32 bits per heavy atom. The maximum atomic E-state index is 11.4. The van der Waals surface area contributed by atoms with Crippen molar-refractivity contribution in [2.75, 3.05) is 13.1 Å². The van der Waals surface area contributed by atoms with Gasteiger partial charge in [-0.15, -0.1) is 11.3 Å². The zero-order valence-corrected chi connectivity index (χ0v) is 17.2. The molecule has 1 fully saturated rings. The van der Waals surface area contributed by atoms with Gasteiger partial charge in [0.15, 0.2) is 0 Å². The lowest BCUT2D eigenvalue weighted by atomic mass is 9.93. The van der Waals surface area contributed by atoms with Crippen LogP contribution in [0.15, 0.2) is 48.5 Å². The molecule has 2 heterocycles. The fraction of sp³-hybridized carbons (Fsp3) is 0.391. The van der Waals surface area contributed by atoms with E-state index in [0.717, 1.165) is 23.6 Å². The van der Waals surface area contributed by atoms with Crippen LogP contribution in [0.2, 0.25) is 0 Å². The highest BCUT2D eigenvalue weighted by atomic mass is 32.1. The lowest BCUT2D eigenvalue weighted by Crippen LogP contribution is -2.39. The van der Waals surface area contributed by atoms with E-state index in [1.165, 1.54) is 15.8 Å². The van der Waals surface area contributed by atoms with Gasteiger partial charge >= 0.3 is 5.97 Å². The molecule has 5 heteroatoms. The molecular weight excluding hydrogens is 368 g/mol. The summed E-state index contributed by atoms with van der Waals surface area (Å²) in [4.78, 5) is 18.7. The van der Waals surface area contributed by atoms with Crippen molar-refractivity contribution in [1.82, 2.24) is 9.88 Å². The molecule has 146 valence electrons. The molecule has 1 atom stereocenters. The number of aromatic nitrogens is 1. The van der Waals surface area contributed by atoms with Crippen LogP contribution in [0.1, 0.15) is 54.8 Å². The van der Waals surface area contributed by atoms with Crippen LogP contribution in [0.3, 0.4) is 0 Å². The maximum absolute atomic E-state index is 11.4. The SMILES string of the molecule is CC(C)c1ccc(C(c2nc3ccccc3s2)N2CCC(C(=O)O)CC2)cc1. The van der Waals surface area contributed by atoms with E-state index in [4.69, 9.17) is 4.98 Å². The first-order valence-electron chi connectivity index (χ1n) is 9.95. The van der Waals surface area contributed by atoms with Gasteiger partial charge in [0.2, 0.25) is 0 Å². The van der Waals surface area contributed by atoms with Crippen molar-refractivity contribution in [3.63, 3.8) is 0 Å². The highest BCUT2D eigenvalue weighted by Gasteiger charge is 2.31. The molecule has 0 spiro atoms. The number of hydrogen-bond donors (Lipinski definition) is 1. The molecule has 1 N–H and O–H groups in total. The summed E-state index contributed by atoms with van der Waals surface area (Å²) < 4.78 is 1.20. The highest BCUT2D eigenvalue weighted by molar-refractivity contribution is 7.18. The number of likely N-dealkylation sites (tertiary alicyclic amines) is 1. The number of aliphatic carboxylic acids is 1. The Morgan fingerprint density at radius 1 is 1.07 bits per heavy atom. The Balaban J connectivity index is 1.69. The molecule has 2 aromatic carbocycles. The number of fused-ring (bicyclic) bond motifs is 1. The Labute approximate surface area is 169 Å². The van der Waals surface area contributed by atoms with Crippen molar-refractivity contribution < 1.29 is 9.90 Å². The summed E-state index contributed by atoms with van der Waals surface area (Å²) >= 11 is 1.74. The maximum Gasteiger partial charge on any atom is 0.306 e. The van der Waals surface area contributed by atoms with Gasteiger partial charge in [-0.3, -0.25) is 9.69 Å². The van der Waals surface area contributed by atoms with Crippen LogP contribution in [0.4, 0.5) is 0 Å². The smallest absolute Gasteiger partial charge is 0.306 e. The summed E-state index contributed by atoms with van der Waals surface area (Å²) in [6.45, 7) is 5.97. The Hall–Kier alpha value is -2.24. The number of carbonyl (C=O) groups is 1. The molecule has 0 saturated carbocycles. The second-order valence-electron chi connectivity index (χ2n) is 7.89. The summed E-state index contributed by atoms with van der Waals surface area (Å²) in [5.74, 6) is -0.394. The average molecular weight is 395 g/mol. The van der Waals surface area contributed by atoms with Gasteiger partial charge in [-0.25, -0.2) is 4.98 Å². The summed E-state index contributed by atoms with van der Waals surface area (Å²) in [7, 11) is 0. The molecule has 1 aliphatic rings. The molecule has 1 unspecified atom stereocenters. The second-order valence-corrected chi connectivity index (χ2v) is 8.95. The molecule has 4 nitrogen and oxygen atoms in total. The summed E-state index contributed by atoms with van der Waals surface area (Å²) in [5.41, 5.74) is 3.60. The molecule has 4 rings (SSSR count). The van der Waals surface area contributed by atoms with Gasteiger partial charge in [0.05, 0.1) is 22.2 Å². The third-order valence-corrected chi connectivity index (χ3v) is 6.80. The molecule has 0 amide bonds. The second kappa shape index (κ2) is 8.02. The van der Waals surface area contributed by atoms with E-state index in [9.17, 15) is 9.90 Å². The van der Waals surface area contributed by atoms with Gasteiger partial charge in [-0.05, 0) is 55.1 Å². The fourth-order valence-corrected chi connectivity index (χ4v) is 5.12. The molecule has 1 saturated heterocycles. The van der Waals surface area contributed by atoms with Crippen molar-refractivity contribution >= 4 is 27.5 Å². The van der Waals surface area contributed by atoms with E-state index >= 15 is 0 Å². The van der Waals surface area contributed by atoms with Crippen molar-refractivity contribution in [2.45, 2.75) is 38.6 Å². The van der Waals surface area contributed by atoms with Gasteiger partial charge in [0, 0.05) is 0 Å². The first-order valence-corrected chi connectivity index (χ1v) is 10.8. The minimum Gasteiger partial charge on any atom is -0.481 e. The number of para-hydroxylation sites is 1. The lowest BCUT2D eigenvalue weighted by molar-refractivity contribution is -0.143. The third-order valence-electron chi connectivity index (χ3n) is 5.71. The highest BCUT2D eigenvalue weighted by Crippen LogP contribution is 2.37. The number of thiazole rings is 1. The Kier molecular flexibility index (Phi) is 5.47. The number of rotatable bonds is 5. The quantitative estimate of drug-likeness (QED) is 0.637. The topological polar surface area (TPSA) is 53.4 Å². The largest absolute Gasteiger partial charge is 0.481 e. The van der Waals surface area contributed by atoms with Gasteiger partial charge in [-0.2, -0.15) is 0 Å². The minimum atomic E-state index is -0.669. The summed E-state index contributed by atoms with van der Waals surface area (Å²) in [6.07, 6.45) is 1.39. The van der Waals surface area contributed by atoms with Gasteiger partial charge in [0.1, 0.15) is 5.01 Å². The van der Waals surface area contributed by atoms with Gasteiger partial charge in [-0.1, -0.05) is 50.2 Å². The molecule has 0 bridgehead atoms. The first kappa shape index (κ1) is 19.1. The average Bonchev–Trinajstić information content (AvgIpc) is 3.12. The molecule has 3 aromatic rings. The molecule has 0 aliphatic carbocycles. The van der Waals surface area contributed by atoms with Crippen LogP contribution in [-0.4, -0.2) is 34.0 Å². The van der Waals surface area contributed by atoms with Crippen LogP contribution in [0.5, 0.6) is 0 Å². The summed E-state index contributed by atoms with van der Waals surface area (Å²) in [6, 6.07) is 17.2. The third kappa shape index (κ3) is 3.82. The Morgan fingerprint density at radius 2 is 1.71 bits per heavy atom. The monoisotopic (exact) mass is 394 g/mol. The number of piperidine rings is 1. The van der Waals surface area contributed by atoms with E-state index in [-0.39, 0.29) is 12.0 Å². The van der Waals surface area contributed by atoms with E-state index in [1.807, 2.05) is 6.07 Å². The predicted molar refractivity (Wildman–Crippen MR) is 114 cm³/mol. The van der Waals surface area contributed by atoms with E-state index < -0.39 is 5.97 Å². The molecular formula is C23H26N2O2S. The number of carboxylic acid groups (broad SMARTS) is 1. The van der Waals surface area contributed by atoms with Gasteiger partial charge in [0.25, 0.3) is 0 Å². The molecule has 1 aliphatic heterocycles. The minimum absolute atomic E-state index is 0.0772. The first-order chi connectivity index (χ1) is 13.5. The number of benzene rings is 2. The van der Waals surface area contributed by atoms with Crippen LogP contribution in [-0.2, 0) is 4.79 Å². The zero-order valence-electron chi connectivity index (χ0n) is 16.3. The zero-order chi connectivity index (χ0) is 19.7. The molecule has 1 aromatic heterocycles. The lowest BCUT2D eigenvalue weighted by Gasteiger charge is -2.36. The van der Waals surface area contributed by atoms with Crippen molar-refractivity contribution in [2.24, 2.45) is 5.92 Å². The number of hydrogen-bond acceptors (Lipinski definition) is 4. The molecule has 0 radical (unpaired) electrons. The van der Waals surface area contributed by atoms with Crippen LogP contribution >= 0.6 is 11.3 Å². The predicted octanol–water partition coefficient (Wildman–Crippen LogP) is 5.31. The van der Waals surface area contributed by atoms with Crippen molar-refractivity contribution in [1.29, 1.82) is 0 Å². The van der Waals surface area contributed by atoms with Crippen molar-refractivity contribution in [3.8, 4) is 0 Å². The van der Waals surface area contributed by atoms with E-state index in [0.29, 0.717) is 18.8 Å². The number of carboxylic acids is 1. The number of nitrogens with zero attached hydrogens (tertiary/aromatic N) is 2. The summed E-state index contributed by atoms with van der Waals surface area (Å²) in [5, 5.41) is 10.4. The van der Waals surface area contributed by atoms with Crippen LogP contribution in [0, 0.1) is 5.92 Å². The van der Waals surface area contributed by atoms with Crippen LogP contribution in [0.25, 0.3) is 10.2 Å². The van der Waals surface area contributed by atoms with E-state index in [2.05, 4.69) is 61.2 Å². The van der Waals surface area contributed by atoms with Crippen molar-refractivity contribution in [3.05, 3.63) is 64.7 Å². The fourth-order valence-electron chi connectivity index (χ4n) is 3.98. The Bertz CT molecular complexity index is 923. The molecule has 28 heavy (non-hydrogen) atoms. The van der Waals surface area contributed by atoms with Crippen LogP contribution < -0.4 is 0 Å². The standard InChI is InChI=1S/C23H26N2O2S/c1-15(2)16-7-9-17(10-8-16)21(25-13-11-18(12-14-25)23(26)27)22-24-19-5-3-4-6-20(19)28-22/h3-10,15,18,21H,11-14H2,1-2H3,(H,26,27). The van der Waals surface area contributed by atoms with E-state index in [1.54, 1.807) is 11.3 Å². The van der Waals surface area contributed by atoms with Gasteiger partial charge < -0.3 is 5.11 Å².